The number of aliphatic hydroxyl groups excluding tert-OH is 1. The maximum Gasteiger partial charge on any atom is 0.407 e. The third-order valence-electron chi connectivity index (χ3n) is 2.06. The van der Waals surface area contributed by atoms with Gasteiger partial charge in [0.05, 0.1) is 0 Å². The minimum absolute atomic E-state index is 0.0179. The van der Waals surface area contributed by atoms with Crippen LogP contribution < -0.4 is 5.32 Å². The summed E-state index contributed by atoms with van der Waals surface area (Å²) in [6, 6.07) is 0. The fourth-order valence-corrected chi connectivity index (χ4v) is 1.14. The largest absolute Gasteiger partial charge is 0.445 e. The maximum absolute atomic E-state index is 11.1. The Balaban J connectivity index is 3.71. The summed E-state index contributed by atoms with van der Waals surface area (Å²) in [4.78, 5) is 11.1. The van der Waals surface area contributed by atoms with Crippen LogP contribution in [0, 0.1) is 5.41 Å². The molecule has 0 heterocycles. The summed E-state index contributed by atoms with van der Waals surface area (Å²) < 4.78 is 4.77. The summed E-state index contributed by atoms with van der Waals surface area (Å²) in [5, 5.41) is 11.4. The molecule has 88 valence electrons. The van der Waals surface area contributed by atoms with Crippen LogP contribution in [-0.4, -0.2) is 31.0 Å². The molecule has 0 aliphatic carbocycles. The van der Waals surface area contributed by atoms with Crippen LogP contribution in [0.4, 0.5) is 4.79 Å². The SMILES string of the molecule is C=CCOC(=O)NCC(C)(C)CCCO. The summed E-state index contributed by atoms with van der Waals surface area (Å²) in [6.07, 6.45) is 2.71. The smallest absolute Gasteiger partial charge is 0.407 e. The van der Waals surface area contributed by atoms with Gasteiger partial charge in [-0.2, -0.15) is 0 Å². The first-order valence-electron chi connectivity index (χ1n) is 5.14. The fraction of sp³-hybridized carbons (Fsp3) is 0.727. The van der Waals surface area contributed by atoms with Crippen molar-refractivity contribution in [2.24, 2.45) is 5.41 Å². The predicted molar refractivity (Wildman–Crippen MR) is 59.6 cm³/mol. The number of rotatable bonds is 7. The van der Waals surface area contributed by atoms with Gasteiger partial charge in [-0.3, -0.25) is 0 Å². The van der Waals surface area contributed by atoms with Gasteiger partial charge in [-0.15, -0.1) is 0 Å². The molecule has 15 heavy (non-hydrogen) atoms. The summed E-state index contributed by atoms with van der Waals surface area (Å²) in [5.41, 5.74) is -0.0179. The zero-order chi connectivity index (χ0) is 11.7. The molecule has 0 unspecified atom stereocenters. The van der Waals surface area contributed by atoms with Crippen molar-refractivity contribution < 1.29 is 14.6 Å². The Bertz CT molecular complexity index is 202. The number of aliphatic hydroxyl groups is 1. The Morgan fingerprint density at radius 3 is 2.80 bits per heavy atom. The maximum atomic E-state index is 11.1. The molecule has 0 saturated carbocycles. The number of carbonyl (C=O) groups is 1. The Labute approximate surface area is 91.3 Å². The first-order valence-corrected chi connectivity index (χ1v) is 5.14. The summed E-state index contributed by atoms with van der Waals surface area (Å²) in [6.45, 7) is 8.48. The van der Waals surface area contributed by atoms with E-state index in [-0.39, 0.29) is 18.6 Å². The van der Waals surface area contributed by atoms with Gasteiger partial charge in [-0.25, -0.2) is 4.79 Å². The Hall–Kier alpha value is -1.03. The molecule has 0 aromatic carbocycles. The van der Waals surface area contributed by atoms with E-state index in [2.05, 4.69) is 11.9 Å². The lowest BCUT2D eigenvalue weighted by molar-refractivity contribution is 0.151. The van der Waals surface area contributed by atoms with Gasteiger partial charge in [-0.1, -0.05) is 26.5 Å². The number of hydrogen-bond donors (Lipinski definition) is 2. The van der Waals surface area contributed by atoms with Gasteiger partial charge in [0.25, 0.3) is 0 Å². The van der Waals surface area contributed by atoms with Crippen molar-refractivity contribution in [3.8, 4) is 0 Å². The Morgan fingerprint density at radius 1 is 1.60 bits per heavy atom. The van der Waals surface area contributed by atoms with E-state index in [1.54, 1.807) is 0 Å². The summed E-state index contributed by atoms with van der Waals surface area (Å²) in [7, 11) is 0. The van der Waals surface area contributed by atoms with E-state index in [4.69, 9.17) is 9.84 Å². The standard InChI is InChI=1S/C11H21NO3/c1-4-8-15-10(14)12-9-11(2,3)6-5-7-13/h4,13H,1,5-9H2,2-3H3,(H,12,14). The molecule has 4 nitrogen and oxygen atoms in total. The third-order valence-corrected chi connectivity index (χ3v) is 2.06. The lowest BCUT2D eigenvalue weighted by Gasteiger charge is -2.24. The van der Waals surface area contributed by atoms with Crippen LogP contribution in [0.25, 0.3) is 0 Å². The van der Waals surface area contributed by atoms with Crippen molar-refractivity contribution >= 4 is 6.09 Å². The van der Waals surface area contributed by atoms with Gasteiger partial charge < -0.3 is 15.2 Å². The topological polar surface area (TPSA) is 58.6 Å². The second-order valence-corrected chi connectivity index (χ2v) is 4.23. The average Bonchev–Trinajstić information content (AvgIpc) is 2.21. The molecule has 0 atom stereocenters. The van der Waals surface area contributed by atoms with Crippen molar-refractivity contribution in [2.45, 2.75) is 26.7 Å². The molecule has 4 heteroatoms. The van der Waals surface area contributed by atoms with Gasteiger partial charge in [0, 0.05) is 13.2 Å². The zero-order valence-electron chi connectivity index (χ0n) is 9.58. The lowest BCUT2D eigenvalue weighted by atomic mass is 9.88. The molecule has 0 fully saturated rings. The molecule has 0 aromatic heterocycles. The van der Waals surface area contributed by atoms with E-state index in [0.29, 0.717) is 6.54 Å². The lowest BCUT2D eigenvalue weighted by Crippen LogP contribution is -2.34. The monoisotopic (exact) mass is 215 g/mol. The number of amides is 1. The number of carbonyl (C=O) groups excluding carboxylic acids is 1. The molecular formula is C11H21NO3. The van der Waals surface area contributed by atoms with E-state index in [1.165, 1.54) is 6.08 Å². The van der Waals surface area contributed by atoms with Gasteiger partial charge in [0.2, 0.25) is 0 Å². The second kappa shape index (κ2) is 7.29. The van der Waals surface area contributed by atoms with Gasteiger partial charge in [0.1, 0.15) is 6.61 Å². The average molecular weight is 215 g/mol. The van der Waals surface area contributed by atoms with Crippen LogP contribution in [0.3, 0.4) is 0 Å². The van der Waals surface area contributed by atoms with E-state index in [1.807, 2.05) is 13.8 Å². The highest BCUT2D eigenvalue weighted by molar-refractivity contribution is 5.67. The highest BCUT2D eigenvalue weighted by Gasteiger charge is 2.18. The van der Waals surface area contributed by atoms with Crippen molar-refractivity contribution in [3.63, 3.8) is 0 Å². The van der Waals surface area contributed by atoms with Crippen LogP contribution in [0.2, 0.25) is 0 Å². The minimum atomic E-state index is -0.424. The molecule has 0 aromatic rings. The summed E-state index contributed by atoms with van der Waals surface area (Å²) in [5.74, 6) is 0. The number of alkyl carbamates (subject to hydrolysis) is 1. The Kier molecular flexibility index (Phi) is 6.79. The highest BCUT2D eigenvalue weighted by atomic mass is 16.5. The van der Waals surface area contributed by atoms with Crippen molar-refractivity contribution in [1.82, 2.24) is 5.32 Å². The first kappa shape index (κ1) is 14.0. The van der Waals surface area contributed by atoms with Gasteiger partial charge >= 0.3 is 6.09 Å². The van der Waals surface area contributed by atoms with Crippen molar-refractivity contribution in [2.75, 3.05) is 19.8 Å². The molecule has 0 radical (unpaired) electrons. The van der Waals surface area contributed by atoms with Crippen LogP contribution >= 0.6 is 0 Å². The highest BCUT2D eigenvalue weighted by Crippen LogP contribution is 2.20. The van der Waals surface area contributed by atoms with Crippen molar-refractivity contribution in [3.05, 3.63) is 12.7 Å². The van der Waals surface area contributed by atoms with Gasteiger partial charge in [0.15, 0.2) is 0 Å². The van der Waals surface area contributed by atoms with E-state index >= 15 is 0 Å². The second-order valence-electron chi connectivity index (χ2n) is 4.23. The minimum Gasteiger partial charge on any atom is -0.445 e. The van der Waals surface area contributed by atoms with Crippen LogP contribution in [0.1, 0.15) is 26.7 Å². The molecule has 2 N–H and O–H groups in total. The predicted octanol–water partition coefficient (Wildman–Crippen LogP) is 1.70. The van der Waals surface area contributed by atoms with Gasteiger partial charge in [-0.05, 0) is 18.3 Å². The summed E-state index contributed by atoms with van der Waals surface area (Å²) >= 11 is 0. The van der Waals surface area contributed by atoms with Crippen molar-refractivity contribution in [1.29, 1.82) is 0 Å². The molecule has 0 aliphatic heterocycles. The molecule has 0 rings (SSSR count). The van der Waals surface area contributed by atoms with E-state index < -0.39 is 6.09 Å². The first-order chi connectivity index (χ1) is 7.02. The third kappa shape index (κ3) is 8.00. The molecular weight excluding hydrogens is 194 g/mol. The van der Waals surface area contributed by atoms with E-state index in [9.17, 15) is 4.79 Å². The number of ether oxygens (including phenoxy) is 1. The van der Waals surface area contributed by atoms with Crippen LogP contribution in [-0.2, 0) is 4.74 Å². The Morgan fingerprint density at radius 2 is 2.27 bits per heavy atom. The molecule has 0 aliphatic rings. The molecule has 0 spiro atoms. The fourth-order valence-electron chi connectivity index (χ4n) is 1.14. The molecule has 0 saturated heterocycles. The van der Waals surface area contributed by atoms with E-state index in [0.717, 1.165) is 12.8 Å². The number of nitrogens with one attached hydrogen (secondary N) is 1. The quantitative estimate of drug-likeness (QED) is 0.635. The normalized spacial score (nSPS) is 10.9. The molecule has 0 bridgehead atoms. The van der Waals surface area contributed by atoms with Crippen LogP contribution in [0.15, 0.2) is 12.7 Å². The zero-order valence-corrected chi connectivity index (χ0v) is 9.58. The molecule has 1 amide bonds. The van der Waals surface area contributed by atoms with Crippen LogP contribution in [0.5, 0.6) is 0 Å². The number of hydrogen-bond acceptors (Lipinski definition) is 3.